The molecule has 9 heteroatoms. The van der Waals surface area contributed by atoms with Gasteiger partial charge in [-0.1, -0.05) is 18.2 Å². The number of hydrogen-bond donors (Lipinski definition) is 3. The van der Waals surface area contributed by atoms with Gasteiger partial charge in [-0.15, -0.1) is 0 Å². The fourth-order valence-electron chi connectivity index (χ4n) is 2.73. The molecule has 3 rings (SSSR count). The summed E-state index contributed by atoms with van der Waals surface area (Å²) in [4.78, 5) is 16.5. The summed E-state index contributed by atoms with van der Waals surface area (Å²) in [5.41, 5.74) is -0.0823. The number of carbonyl (C=O) groups is 1. The molecular formula is C22H19F3N2O4. The quantitative estimate of drug-likeness (QED) is 0.538. The second kappa shape index (κ2) is 9.05. The van der Waals surface area contributed by atoms with Crippen LogP contribution in [-0.4, -0.2) is 33.8 Å². The van der Waals surface area contributed by atoms with Gasteiger partial charge >= 0.3 is 6.18 Å². The van der Waals surface area contributed by atoms with Crippen LogP contribution in [0.5, 0.6) is 17.4 Å². The largest absolute Gasteiger partial charge is 0.507 e. The number of nitrogens with one attached hydrogen (secondary N) is 1. The number of aliphatic hydroxyl groups excluding tert-OH is 1. The lowest BCUT2D eigenvalue weighted by atomic mass is 10.0. The Bertz CT molecular complexity index is 1070. The number of ether oxygens (including phenoxy) is 1. The molecule has 3 N–H and O–H groups in total. The standard InChI is InChI=1S/C22H19F3N2O4/c1-13(12-28)27-20(30)14-10-18(17-4-2-3-5-19(17)29)21(26-11-14)31-16-8-6-15(7-9-16)22(23,24)25/h2-11,13,28-29H,12H2,1H3,(H,27,30)/t13-/m1/s1. The van der Waals surface area contributed by atoms with Gasteiger partial charge in [0, 0.05) is 23.4 Å². The van der Waals surface area contributed by atoms with Gasteiger partial charge in [0.1, 0.15) is 11.5 Å². The zero-order valence-electron chi connectivity index (χ0n) is 16.3. The molecule has 3 aromatic rings. The summed E-state index contributed by atoms with van der Waals surface area (Å²) in [7, 11) is 0. The molecule has 1 aromatic heterocycles. The van der Waals surface area contributed by atoms with Gasteiger partial charge in [0.15, 0.2) is 0 Å². The van der Waals surface area contributed by atoms with Gasteiger partial charge in [0.05, 0.1) is 17.7 Å². The number of aromatic nitrogens is 1. The highest BCUT2D eigenvalue weighted by molar-refractivity contribution is 5.96. The van der Waals surface area contributed by atoms with Crippen LogP contribution in [0.2, 0.25) is 0 Å². The summed E-state index contributed by atoms with van der Waals surface area (Å²) in [5.74, 6) is -0.494. The van der Waals surface area contributed by atoms with Crippen LogP contribution in [0.15, 0.2) is 60.8 Å². The van der Waals surface area contributed by atoms with Crippen LogP contribution in [0.25, 0.3) is 11.1 Å². The summed E-state index contributed by atoms with van der Waals surface area (Å²) in [6.07, 6.45) is -3.24. The molecule has 31 heavy (non-hydrogen) atoms. The number of carbonyl (C=O) groups excluding carboxylic acids is 1. The van der Waals surface area contributed by atoms with Gasteiger partial charge in [-0.25, -0.2) is 4.98 Å². The van der Waals surface area contributed by atoms with E-state index in [0.717, 1.165) is 24.3 Å². The third kappa shape index (κ3) is 5.32. The van der Waals surface area contributed by atoms with Crippen LogP contribution in [-0.2, 0) is 6.18 Å². The Hall–Kier alpha value is -3.59. The van der Waals surface area contributed by atoms with Crippen molar-refractivity contribution >= 4 is 5.91 Å². The zero-order chi connectivity index (χ0) is 22.6. The van der Waals surface area contributed by atoms with E-state index >= 15 is 0 Å². The number of nitrogens with zero attached hydrogens (tertiary/aromatic N) is 1. The zero-order valence-corrected chi connectivity index (χ0v) is 16.3. The van der Waals surface area contributed by atoms with Gasteiger partial charge in [0.2, 0.25) is 5.88 Å². The third-order valence-electron chi connectivity index (χ3n) is 4.36. The lowest BCUT2D eigenvalue weighted by Crippen LogP contribution is -2.35. The number of aliphatic hydroxyl groups is 1. The highest BCUT2D eigenvalue weighted by atomic mass is 19.4. The molecule has 2 aromatic carbocycles. The molecular weight excluding hydrogens is 413 g/mol. The predicted octanol–water partition coefficient (Wildman–Crippen LogP) is 4.38. The SMILES string of the molecule is C[C@H](CO)NC(=O)c1cnc(Oc2ccc(C(F)(F)F)cc2)c(-c2ccccc2O)c1. The van der Waals surface area contributed by atoms with E-state index in [1.165, 1.54) is 18.3 Å². The van der Waals surface area contributed by atoms with E-state index in [1.807, 2.05) is 0 Å². The van der Waals surface area contributed by atoms with E-state index in [4.69, 9.17) is 9.84 Å². The molecule has 0 spiro atoms. The number of alkyl halides is 3. The molecule has 0 unspecified atom stereocenters. The molecule has 6 nitrogen and oxygen atoms in total. The summed E-state index contributed by atoms with van der Waals surface area (Å²) < 4.78 is 44.0. The lowest BCUT2D eigenvalue weighted by Gasteiger charge is -2.15. The molecule has 0 bridgehead atoms. The van der Waals surface area contributed by atoms with Gasteiger partial charge in [-0.2, -0.15) is 13.2 Å². The molecule has 1 atom stereocenters. The Labute approximate surface area is 175 Å². The monoisotopic (exact) mass is 432 g/mol. The third-order valence-corrected chi connectivity index (χ3v) is 4.36. The number of amides is 1. The number of phenols is 1. The number of benzene rings is 2. The van der Waals surface area contributed by atoms with E-state index in [1.54, 1.807) is 25.1 Å². The van der Waals surface area contributed by atoms with Gasteiger partial charge in [0.25, 0.3) is 5.91 Å². The van der Waals surface area contributed by atoms with Crippen molar-refractivity contribution < 1.29 is 32.9 Å². The highest BCUT2D eigenvalue weighted by Gasteiger charge is 2.30. The Kier molecular flexibility index (Phi) is 6.45. The molecule has 0 aliphatic rings. The molecule has 0 saturated carbocycles. The van der Waals surface area contributed by atoms with E-state index in [0.29, 0.717) is 5.56 Å². The fraction of sp³-hybridized carbons (Fsp3) is 0.182. The van der Waals surface area contributed by atoms with Crippen molar-refractivity contribution in [2.75, 3.05) is 6.61 Å². The first-order valence-electron chi connectivity index (χ1n) is 9.24. The van der Waals surface area contributed by atoms with E-state index < -0.39 is 23.7 Å². The molecule has 0 radical (unpaired) electrons. The first kappa shape index (κ1) is 22.1. The minimum absolute atomic E-state index is 0.00647. The summed E-state index contributed by atoms with van der Waals surface area (Å²) in [6.45, 7) is 1.37. The maximum atomic E-state index is 12.8. The minimum atomic E-state index is -4.47. The maximum absolute atomic E-state index is 12.8. The summed E-state index contributed by atoms with van der Waals surface area (Å²) >= 11 is 0. The van der Waals surface area contributed by atoms with Crippen LogP contribution in [0.3, 0.4) is 0 Å². The van der Waals surface area contributed by atoms with Crippen molar-refractivity contribution in [2.24, 2.45) is 0 Å². The maximum Gasteiger partial charge on any atom is 0.416 e. The second-order valence-electron chi connectivity index (χ2n) is 6.78. The number of para-hydroxylation sites is 1. The van der Waals surface area contributed by atoms with Crippen molar-refractivity contribution in [1.29, 1.82) is 0 Å². The van der Waals surface area contributed by atoms with Gasteiger partial charge in [-0.05, 0) is 43.3 Å². The number of halogens is 3. The molecule has 1 amide bonds. The average Bonchev–Trinajstić information content (AvgIpc) is 2.74. The minimum Gasteiger partial charge on any atom is -0.507 e. The number of hydrogen-bond acceptors (Lipinski definition) is 5. The number of rotatable bonds is 6. The molecule has 0 saturated heterocycles. The molecule has 0 aliphatic heterocycles. The average molecular weight is 432 g/mol. The van der Waals surface area contributed by atoms with Crippen molar-refractivity contribution in [3.05, 3.63) is 71.9 Å². The van der Waals surface area contributed by atoms with Gasteiger partial charge < -0.3 is 20.3 Å². The first-order chi connectivity index (χ1) is 14.7. The van der Waals surface area contributed by atoms with Crippen LogP contribution >= 0.6 is 0 Å². The molecule has 162 valence electrons. The van der Waals surface area contributed by atoms with Crippen molar-refractivity contribution in [3.8, 4) is 28.5 Å². The smallest absolute Gasteiger partial charge is 0.416 e. The number of pyridine rings is 1. The van der Waals surface area contributed by atoms with E-state index in [2.05, 4.69) is 10.3 Å². The van der Waals surface area contributed by atoms with E-state index in [9.17, 15) is 23.1 Å². The van der Waals surface area contributed by atoms with Crippen LogP contribution in [0, 0.1) is 0 Å². The van der Waals surface area contributed by atoms with E-state index in [-0.39, 0.29) is 35.1 Å². The Morgan fingerprint density at radius 3 is 2.42 bits per heavy atom. The summed E-state index contributed by atoms with van der Waals surface area (Å²) in [5, 5.41) is 22.0. The molecule has 1 heterocycles. The van der Waals surface area contributed by atoms with Crippen molar-refractivity contribution in [2.45, 2.75) is 19.1 Å². The van der Waals surface area contributed by atoms with Crippen LogP contribution in [0.1, 0.15) is 22.8 Å². The Morgan fingerprint density at radius 2 is 1.81 bits per heavy atom. The van der Waals surface area contributed by atoms with Crippen molar-refractivity contribution in [1.82, 2.24) is 10.3 Å². The van der Waals surface area contributed by atoms with Crippen LogP contribution < -0.4 is 10.1 Å². The first-order valence-corrected chi connectivity index (χ1v) is 9.24. The number of phenolic OH excluding ortho intramolecular Hbond substituents is 1. The Balaban J connectivity index is 1.99. The van der Waals surface area contributed by atoms with Crippen molar-refractivity contribution in [3.63, 3.8) is 0 Å². The molecule has 0 aliphatic carbocycles. The highest BCUT2D eigenvalue weighted by Crippen LogP contribution is 2.37. The molecule has 0 fully saturated rings. The number of aromatic hydroxyl groups is 1. The summed E-state index contributed by atoms with van der Waals surface area (Å²) in [6, 6.07) is 11.3. The van der Waals surface area contributed by atoms with Gasteiger partial charge in [-0.3, -0.25) is 4.79 Å². The fourth-order valence-corrected chi connectivity index (χ4v) is 2.73. The van der Waals surface area contributed by atoms with Crippen LogP contribution in [0.4, 0.5) is 13.2 Å². The Morgan fingerprint density at radius 1 is 1.13 bits per heavy atom. The second-order valence-corrected chi connectivity index (χ2v) is 6.78. The normalized spacial score (nSPS) is 12.3. The predicted molar refractivity (Wildman–Crippen MR) is 107 cm³/mol. The topological polar surface area (TPSA) is 91.7 Å². The lowest BCUT2D eigenvalue weighted by molar-refractivity contribution is -0.137.